The molecule has 1 unspecified atom stereocenters. The van der Waals surface area contributed by atoms with E-state index in [1.165, 1.54) is 4.90 Å². The Bertz CT molecular complexity index is 526. The molecule has 0 aromatic heterocycles. The average Bonchev–Trinajstić information content (AvgIpc) is 2.66. The fourth-order valence-corrected chi connectivity index (χ4v) is 2.71. The lowest BCUT2D eigenvalue weighted by Gasteiger charge is -2.35. The molecule has 0 spiro atoms. The lowest BCUT2D eigenvalue weighted by atomic mass is 9.93. The van der Waals surface area contributed by atoms with Crippen molar-refractivity contribution >= 4 is 29.3 Å². The van der Waals surface area contributed by atoms with Gasteiger partial charge in [-0.3, -0.25) is 0 Å². The Morgan fingerprint density at radius 3 is 2.86 bits per heavy atom. The number of amides is 1. The molecule has 1 N–H and O–H groups in total. The van der Waals surface area contributed by atoms with Gasteiger partial charge < -0.3 is 19.5 Å². The van der Waals surface area contributed by atoms with Gasteiger partial charge in [-0.25, -0.2) is 4.79 Å². The van der Waals surface area contributed by atoms with Crippen molar-refractivity contribution in [3.63, 3.8) is 0 Å². The van der Waals surface area contributed by atoms with Gasteiger partial charge in [0.25, 0.3) is 0 Å². The van der Waals surface area contributed by atoms with E-state index in [-0.39, 0.29) is 13.2 Å². The summed E-state index contributed by atoms with van der Waals surface area (Å²) in [6, 6.07) is 5.17. The zero-order valence-corrected chi connectivity index (χ0v) is 13.2. The number of nitrogens with zero attached hydrogens (tertiary/aromatic N) is 1. The Morgan fingerprint density at radius 2 is 2.24 bits per heavy atom. The largest absolute Gasteiger partial charge is 0.465 e. The molecule has 1 fully saturated rings. The van der Waals surface area contributed by atoms with Gasteiger partial charge in [-0.05, 0) is 24.6 Å². The van der Waals surface area contributed by atoms with E-state index in [4.69, 9.17) is 32.7 Å². The summed E-state index contributed by atoms with van der Waals surface area (Å²) in [5.41, 5.74) is -0.121. The quantitative estimate of drug-likeness (QED) is 0.922. The number of hydrogen-bond acceptors (Lipinski definition) is 3. The molecule has 7 heteroatoms. The molecule has 1 aliphatic rings. The highest BCUT2D eigenvalue weighted by Gasteiger charge is 2.39. The molecule has 1 atom stereocenters. The minimum atomic E-state index is -0.996. The molecular weight excluding hydrogens is 317 g/mol. The molecular formula is C14H17Cl2NO4. The number of ether oxygens (including phenoxy) is 2. The molecule has 0 aliphatic carbocycles. The summed E-state index contributed by atoms with van der Waals surface area (Å²) >= 11 is 12.0. The summed E-state index contributed by atoms with van der Waals surface area (Å²) < 4.78 is 11.4. The van der Waals surface area contributed by atoms with Gasteiger partial charge in [0.2, 0.25) is 0 Å². The molecule has 0 radical (unpaired) electrons. The van der Waals surface area contributed by atoms with E-state index < -0.39 is 11.7 Å². The van der Waals surface area contributed by atoms with Gasteiger partial charge >= 0.3 is 6.09 Å². The van der Waals surface area contributed by atoms with E-state index >= 15 is 0 Å². The molecule has 0 bridgehead atoms. The fraction of sp³-hybridized carbons (Fsp3) is 0.500. The molecule has 2 rings (SSSR count). The Balaban J connectivity index is 2.41. The number of carbonyl (C=O) groups is 1. The SMILES string of the molecule is CCOC1(c2ccc(Cl)c(Cl)c2)COCCN(C(=O)O)C1. The van der Waals surface area contributed by atoms with Gasteiger partial charge in [-0.1, -0.05) is 29.3 Å². The Morgan fingerprint density at radius 1 is 1.48 bits per heavy atom. The normalized spacial score (nSPS) is 22.9. The average molecular weight is 334 g/mol. The van der Waals surface area contributed by atoms with E-state index in [1.807, 2.05) is 6.92 Å². The summed E-state index contributed by atoms with van der Waals surface area (Å²) in [6.45, 7) is 3.39. The topological polar surface area (TPSA) is 59.0 Å². The monoisotopic (exact) mass is 333 g/mol. The van der Waals surface area contributed by atoms with Crippen molar-refractivity contribution in [3.05, 3.63) is 33.8 Å². The van der Waals surface area contributed by atoms with Crippen LogP contribution in [0.3, 0.4) is 0 Å². The molecule has 5 nitrogen and oxygen atoms in total. The zero-order valence-electron chi connectivity index (χ0n) is 11.6. The molecule has 0 saturated carbocycles. The summed E-state index contributed by atoms with van der Waals surface area (Å²) in [6.07, 6.45) is -0.996. The lowest BCUT2D eigenvalue weighted by Crippen LogP contribution is -2.46. The highest BCUT2D eigenvalue weighted by Crippen LogP contribution is 2.33. The van der Waals surface area contributed by atoms with Crippen LogP contribution in [0.15, 0.2) is 18.2 Å². The molecule has 1 saturated heterocycles. The first kappa shape index (κ1) is 16.4. The zero-order chi connectivity index (χ0) is 15.5. The van der Waals surface area contributed by atoms with Crippen molar-refractivity contribution in [1.82, 2.24) is 4.90 Å². The van der Waals surface area contributed by atoms with Crippen molar-refractivity contribution < 1.29 is 19.4 Å². The van der Waals surface area contributed by atoms with Crippen LogP contribution in [-0.4, -0.2) is 49.0 Å². The van der Waals surface area contributed by atoms with Gasteiger partial charge in [0.15, 0.2) is 0 Å². The second-order valence-corrected chi connectivity index (χ2v) is 5.63. The van der Waals surface area contributed by atoms with Crippen LogP contribution in [0.5, 0.6) is 0 Å². The fourth-order valence-electron chi connectivity index (χ4n) is 2.41. The Labute approximate surface area is 133 Å². The third kappa shape index (κ3) is 3.61. The van der Waals surface area contributed by atoms with Gasteiger partial charge in [0, 0.05) is 13.2 Å². The van der Waals surface area contributed by atoms with Crippen molar-refractivity contribution in [1.29, 1.82) is 0 Å². The standard InChI is InChI=1S/C14H17Cl2NO4/c1-2-21-14(10-3-4-11(15)12(16)7-10)8-17(13(18)19)5-6-20-9-14/h3-4,7H,2,5-6,8-9H2,1H3,(H,18,19). The Hall–Kier alpha value is -1.01. The number of benzene rings is 1. The van der Waals surface area contributed by atoms with E-state index in [2.05, 4.69) is 0 Å². The Kier molecular flexibility index (Phi) is 5.32. The van der Waals surface area contributed by atoms with Crippen LogP contribution in [0, 0.1) is 0 Å². The first-order valence-electron chi connectivity index (χ1n) is 6.63. The first-order chi connectivity index (χ1) is 9.98. The van der Waals surface area contributed by atoms with Gasteiger partial charge in [-0.15, -0.1) is 0 Å². The number of halogens is 2. The maximum Gasteiger partial charge on any atom is 0.407 e. The van der Waals surface area contributed by atoms with Crippen LogP contribution in [0.4, 0.5) is 4.79 Å². The number of rotatable bonds is 3. The van der Waals surface area contributed by atoms with Gasteiger partial charge in [0.05, 0.1) is 29.8 Å². The highest BCUT2D eigenvalue weighted by atomic mass is 35.5. The molecule has 1 aromatic carbocycles. The molecule has 1 heterocycles. The van der Waals surface area contributed by atoms with Gasteiger partial charge in [-0.2, -0.15) is 0 Å². The molecule has 116 valence electrons. The van der Waals surface area contributed by atoms with Crippen LogP contribution in [0.25, 0.3) is 0 Å². The van der Waals surface area contributed by atoms with Crippen LogP contribution in [0.1, 0.15) is 12.5 Å². The highest BCUT2D eigenvalue weighted by molar-refractivity contribution is 6.42. The van der Waals surface area contributed by atoms with Crippen molar-refractivity contribution in [2.24, 2.45) is 0 Å². The molecule has 1 aromatic rings. The number of hydrogen-bond donors (Lipinski definition) is 1. The molecule has 1 aliphatic heterocycles. The maximum atomic E-state index is 11.3. The molecule has 21 heavy (non-hydrogen) atoms. The van der Waals surface area contributed by atoms with Gasteiger partial charge in [0.1, 0.15) is 5.60 Å². The second-order valence-electron chi connectivity index (χ2n) is 4.81. The van der Waals surface area contributed by atoms with Crippen LogP contribution in [-0.2, 0) is 15.1 Å². The van der Waals surface area contributed by atoms with Crippen LogP contribution >= 0.6 is 23.2 Å². The summed E-state index contributed by atoms with van der Waals surface area (Å²) in [5.74, 6) is 0. The number of carboxylic acid groups (broad SMARTS) is 1. The lowest BCUT2D eigenvalue weighted by molar-refractivity contribution is -0.0926. The van der Waals surface area contributed by atoms with E-state index in [0.29, 0.717) is 29.8 Å². The van der Waals surface area contributed by atoms with E-state index in [0.717, 1.165) is 5.56 Å². The second kappa shape index (κ2) is 6.83. The summed E-state index contributed by atoms with van der Waals surface area (Å²) in [5, 5.41) is 10.1. The van der Waals surface area contributed by atoms with Crippen molar-refractivity contribution in [3.8, 4) is 0 Å². The third-order valence-electron chi connectivity index (χ3n) is 3.42. The van der Waals surface area contributed by atoms with Crippen molar-refractivity contribution in [2.75, 3.05) is 32.9 Å². The summed E-state index contributed by atoms with van der Waals surface area (Å²) in [7, 11) is 0. The predicted molar refractivity (Wildman–Crippen MR) is 80.2 cm³/mol. The predicted octanol–water partition coefficient (Wildman–Crippen LogP) is 3.24. The van der Waals surface area contributed by atoms with E-state index in [9.17, 15) is 9.90 Å². The first-order valence-corrected chi connectivity index (χ1v) is 7.39. The van der Waals surface area contributed by atoms with Crippen LogP contribution < -0.4 is 0 Å². The minimum absolute atomic E-state index is 0.189. The van der Waals surface area contributed by atoms with Crippen LogP contribution in [0.2, 0.25) is 10.0 Å². The van der Waals surface area contributed by atoms with E-state index in [1.54, 1.807) is 18.2 Å². The minimum Gasteiger partial charge on any atom is -0.465 e. The smallest absolute Gasteiger partial charge is 0.407 e. The maximum absolute atomic E-state index is 11.3. The molecule has 1 amide bonds. The summed E-state index contributed by atoms with van der Waals surface area (Å²) in [4.78, 5) is 12.6. The third-order valence-corrected chi connectivity index (χ3v) is 4.16. The van der Waals surface area contributed by atoms with Crippen molar-refractivity contribution in [2.45, 2.75) is 12.5 Å².